The van der Waals surface area contributed by atoms with Crippen LogP contribution in [0.25, 0.3) is 0 Å². The van der Waals surface area contributed by atoms with Gasteiger partial charge in [-0.1, -0.05) is 6.42 Å². The summed E-state index contributed by atoms with van der Waals surface area (Å²) in [4.78, 5) is 20.8. The number of nitro groups is 2. The zero-order chi connectivity index (χ0) is 19.0. The molecule has 0 amide bonds. The van der Waals surface area contributed by atoms with Crippen molar-refractivity contribution in [3.05, 3.63) is 38.4 Å². The lowest BCUT2D eigenvalue weighted by Gasteiger charge is -2.33. The fraction of sp³-hybridized carbons (Fsp3) is 0.632. The molecule has 0 aromatic heterocycles. The number of nitrogens with one attached hydrogen (secondary N) is 1. The lowest BCUT2D eigenvalue weighted by atomic mass is 9.72. The van der Waals surface area contributed by atoms with E-state index in [4.69, 9.17) is 0 Å². The lowest BCUT2D eigenvalue weighted by Crippen LogP contribution is -2.27. The van der Waals surface area contributed by atoms with Crippen LogP contribution in [-0.2, 0) is 0 Å². The Hall–Kier alpha value is -2.51. The fourth-order valence-electron chi connectivity index (χ4n) is 5.43. The summed E-state index contributed by atoms with van der Waals surface area (Å²) in [7, 11) is 0. The highest BCUT2D eigenvalue weighted by Gasteiger charge is 2.43. The molecule has 1 aromatic rings. The van der Waals surface area contributed by atoms with E-state index < -0.39 is 9.85 Å². The van der Waals surface area contributed by atoms with E-state index in [1.807, 2.05) is 0 Å². The molecule has 8 heteroatoms. The van der Waals surface area contributed by atoms with Gasteiger partial charge in [0.15, 0.2) is 0 Å². The van der Waals surface area contributed by atoms with Crippen molar-refractivity contribution < 1.29 is 9.85 Å². The first-order chi connectivity index (χ1) is 13.0. The van der Waals surface area contributed by atoms with E-state index in [9.17, 15) is 20.2 Å². The average molecular weight is 372 g/mol. The maximum absolute atomic E-state index is 11.2. The van der Waals surface area contributed by atoms with Gasteiger partial charge < -0.3 is 0 Å². The summed E-state index contributed by atoms with van der Waals surface area (Å²) in [5.74, 6) is 3.33. The summed E-state index contributed by atoms with van der Waals surface area (Å²) < 4.78 is 0. The third-order valence-corrected chi connectivity index (χ3v) is 6.66. The van der Waals surface area contributed by atoms with Crippen LogP contribution in [0.4, 0.5) is 17.1 Å². The molecule has 0 unspecified atom stereocenters. The molecule has 2 bridgehead atoms. The third kappa shape index (κ3) is 3.65. The zero-order valence-electron chi connectivity index (χ0n) is 15.2. The molecule has 1 aromatic carbocycles. The van der Waals surface area contributed by atoms with Crippen LogP contribution in [0.1, 0.15) is 51.4 Å². The molecule has 0 aliphatic heterocycles. The van der Waals surface area contributed by atoms with E-state index in [0.29, 0.717) is 5.92 Å². The number of hydrogen-bond acceptors (Lipinski definition) is 6. The second-order valence-corrected chi connectivity index (χ2v) is 8.20. The number of non-ortho nitro benzene ring substituents is 1. The van der Waals surface area contributed by atoms with Crippen molar-refractivity contribution in [2.45, 2.75) is 51.4 Å². The van der Waals surface area contributed by atoms with Gasteiger partial charge in [0.05, 0.1) is 15.9 Å². The lowest BCUT2D eigenvalue weighted by molar-refractivity contribution is -0.393. The Kier molecular flexibility index (Phi) is 4.80. The molecule has 1 N–H and O–H groups in total. The van der Waals surface area contributed by atoms with E-state index in [1.54, 1.807) is 0 Å². The van der Waals surface area contributed by atoms with Gasteiger partial charge in [-0.2, -0.15) is 5.10 Å². The van der Waals surface area contributed by atoms with Gasteiger partial charge in [0.25, 0.3) is 5.69 Å². The SMILES string of the molecule is O=[N+]([O-])c1ccc(N/N=C2\CCC[C@H]([C@H]3C[C@@H]4CC[C@@H]3C4)C2)c([N+](=O)[O-])c1. The Morgan fingerprint density at radius 3 is 2.56 bits per heavy atom. The summed E-state index contributed by atoms with van der Waals surface area (Å²) in [5, 5.41) is 26.5. The van der Waals surface area contributed by atoms with Crippen LogP contribution in [0.2, 0.25) is 0 Å². The molecule has 144 valence electrons. The maximum atomic E-state index is 11.2. The topological polar surface area (TPSA) is 111 Å². The first-order valence-corrected chi connectivity index (χ1v) is 9.75. The Bertz CT molecular complexity index is 794. The molecule has 4 rings (SSSR count). The van der Waals surface area contributed by atoms with Crippen molar-refractivity contribution in [1.82, 2.24) is 0 Å². The van der Waals surface area contributed by atoms with Gasteiger partial charge in [0.2, 0.25) is 0 Å². The standard InChI is InChI=1S/C19H24N4O4/c24-22(25)16-6-7-18(19(11-16)23(26)27)21-20-15-3-1-2-13(10-15)17-9-12-4-5-14(17)8-12/h6-7,11-14,17,21H,1-5,8-10H2/b20-15+/t12-,13+,14-,17-/m1/s1. The normalized spacial score (nSPS) is 31.2. The molecule has 0 saturated heterocycles. The van der Waals surface area contributed by atoms with Gasteiger partial charge in [-0.3, -0.25) is 25.7 Å². The molecule has 8 nitrogen and oxygen atoms in total. The number of fused-ring (bicyclic) bond motifs is 2. The van der Waals surface area contributed by atoms with Crippen LogP contribution in [0.15, 0.2) is 23.3 Å². The Balaban J connectivity index is 1.46. The number of anilines is 1. The highest BCUT2D eigenvalue weighted by atomic mass is 16.6. The van der Waals surface area contributed by atoms with E-state index in [2.05, 4.69) is 10.5 Å². The molecular formula is C19H24N4O4. The van der Waals surface area contributed by atoms with Crippen LogP contribution >= 0.6 is 0 Å². The molecular weight excluding hydrogens is 348 g/mol. The summed E-state index contributed by atoms with van der Waals surface area (Å²) in [5.41, 5.74) is 3.43. The predicted octanol–water partition coefficient (Wildman–Crippen LogP) is 4.90. The summed E-state index contributed by atoms with van der Waals surface area (Å²) >= 11 is 0. The Labute approximate surface area is 157 Å². The van der Waals surface area contributed by atoms with Crippen LogP contribution in [-0.4, -0.2) is 15.6 Å². The van der Waals surface area contributed by atoms with E-state index in [-0.39, 0.29) is 17.1 Å². The van der Waals surface area contributed by atoms with Crippen molar-refractivity contribution in [3.8, 4) is 0 Å². The predicted molar refractivity (Wildman–Crippen MR) is 102 cm³/mol. The number of nitrogens with zero attached hydrogens (tertiary/aromatic N) is 3. The van der Waals surface area contributed by atoms with Crippen LogP contribution in [0.3, 0.4) is 0 Å². The molecule has 3 saturated carbocycles. The van der Waals surface area contributed by atoms with Crippen molar-refractivity contribution in [1.29, 1.82) is 0 Å². The van der Waals surface area contributed by atoms with Crippen molar-refractivity contribution >= 4 is 22.8 Å². The van der Waals surface area contributed by atoms with Crippen LogP contribution in [0, 0.1) is 43.9 Å². The zero-order valence-corrected chi connectivity index (χ0v) is 15.2. The van der Waals surface area contributed by atoms with Crippen LogP contribution < -0.4 is 5.43 Å². The maximum Gasteiger partial charge on any atom is 0.301 e. The van der Waals surface area contributed by atoms with E-state index >= 15 is 0 Å². The van der Waals surface area contributed by atoms with Crippen molar-refractivity contribution in [2.75, 3.05) is 5.43 Å². The summed E-state index contributed by atoms with van der Waals surface area (Å²) in [6, 6.07) is 3.59. The van der Waals surface area contributed by atoms with Crippen LogP contribution in [0.5, 0.6) is 0 Å². The van der Waals surface area contributed by atoms with Crippen molar-refractivity contribution in [3.63, 3.8) is 0 Å². The number of nitro benzene ring substituents is 2. The molecule has 3 fully saturated rings. The minimum absolute atomic E-state index is 0.195. The first kappa shape index (κ1) is 17.9. The summed E-state index contributed by atoms with van der Waals surface area (Å²) in [6.45, 7) is 0. The molecule has 27 heavy (non-hydrogen) atoms. The number of rotatable bonds is 5. The summed E-state index contributed by atoms with van der Waals surface area (Å²) in [6.07, 6.45) is 9.79. The molecule has 3 aliphatic carbocycles. The van der Waals surface area contributed by atoms with Gasteiger partial charge in [-0.05, 0) is 74.7 Å². The second kappa shape index (κ2) is 7.25. The number of benzene rings is 1. The van der Waals surface area contributed by atoms with E-state index in [1.165, 1.54) is 44.2 Å². The largest absolute Gasteiger partial charge is 0.301 e. The molecule has 0 spiro atoms. The Morgan fingerprint density at radius 2 is 1.89 bits per heavy atom. The quantitative estimate of drug-likeness (QED) is 0.584. The van der Waals surface area contributed by atoms with Gasteiger partial charge >= 0.3 is 5.69 Å². The molecule has 3 aliphatic rings. The molecule has 0 heterocycles. The molecule has 0 radical (unpaired) electrons. The van der Waals surface area contributed by atoms with Gasteiger partial charge in [0, 0.05) is 11.8 Å². The first-order valence-electron chi connectivity index (χ1n) is 9.75. The molecule has 4 atom stereocenters. The highest BCUT2D eigenvalue weighted by molar-refractivity contribution is 5.86. The number of hydrazone groups is 1. The van der Waals surface area contributed by atoms with E-state index in [0.717, 1.165) is 48.8 Å². The second-order valence-electron chi connectivity index (χ2n) is 8.20. The van der Waals surface area contributed by atoms with Gasteiger partial charge in [-0.25, -0.2) is 0 Å². The average Bonchev–Trinajstić information content (AvgIpc) is 3.30. The smallest absolute Gasteiger partial charge is 0.272 e. The monoisotopic (exact) mass is 372 g/mol. The van der Waals surface area contributed by atoms with Gasteiger partial charge in [0.1, 0.15) is 5.69 Å². The van der Waals surface area contributed by atoms with Crippen molar-refractivity contribution in [2.24, 2.45) is 28.8 Å². The minimum atomic E-state index is -0.635. The Morgan fingerprint density at radius 1 is 1.04 bits per heavy atom. The number of hydrogen-bond donors (Lipinski definition) is 1. The highest BCUT2D eigenvalue weighted by Crippen LogP contribution is 2.53. The van der Waals surface area contributed by atoms with Gasteiger partial charge in [-0.15, -0.1) is 0 Å². The third-order valence-electron chi connectivity index (χ3n) is 6.66. The minimum Gasteiger partial charge on any atom is -0.272 e. The fourth-order valence-corrected chi connectivity index (χ4v) is 5.43.